The predicted octanol–water partition coefficient (Wildman–Crippen LogP) is 1.59. The fourth-order valence-electron chi connectivity index (χ4n) is 1.65. The van der Waals surface area contributed by atoms with Crippen molar-refractivity contribution in [2.45, 2.75) is 20.3 Å². The third-order valence-electron chi connectivity index (χ3n) is 2.36. The van der Waals surface area contributed by atoms with E-state index in [4.69, 9.17) is 9.47 Å². The summed E-state index contributed by atoms with van der Waals surface area (Å²) in [5, 5.41) is 13.8. The van der Waals surface area contributed by atoms with Crippen molar-refractivity contribution in [1.82, 2.24) is 20.6 Å². The van der Waals surface area contributed by atoms with Crippen molar-refractivity contribution in [3.05, 3.63) is 29.6 Å². The van der Waals surface area contributed by atoms with Crippen LogP contribution < -0.4 is 9.47 Å². The SMILES string of the molecule is CCOc1ccc(Cc2nn[nH]n2)cc1OCC. The number of rotatable bonds is 6. The Morgan fingerprint density at radius 3 is 2.56 bits per heavy atom. The molecule has 1 aromatic carbocycles. The fourth-order valence-corrected chi connectivity index (χ4v) is 1.65. The number of tetrazole rings is 1. The van der Waals surface area contributed by atoms with Gasteiger partial charge in [-0.2, -0.15) is 5.21 Å². The maximum absolute atomic E-state index is 5.56. The Labute approximate surface area is 105 Å². The van der Waals surface area contributed by atoms with Gasteiger partial charge in [-0.3, -0.25) is 0 Å². The number of ether oxygens (including phenoxy) is 2. The minimum Gasteiger partial charge on any atom is -0.490 e. The molecule has 0 aliphatic carbocycles. The monoisotopic (exact) mass is 248 g/mol. The van der Waals surface area contributed by atoms with Crippen LogP contribution in [0.5, 0.6) is 11.5 Å². The molecule has 6 nitrogen and oxygen atoms in total. The Morgan fingerprint density at radius 1 is 1.11 bits per heavy atom. The first-order valence-electron chi connectivity index (χ1n) is 5.94. The summed E-state index contributed by atoms with van der Waals surface area (Å²) in [6, 6.07) is 5.83. The second kappa shape index (κ2) is 6.00. The lowest BCUT2D eigenvalue weighted by atomic mass is 10.1. The van der Waals surface area contributed by atoms with Gasteiger partial charge in [0.15, 0.2) is 17.3 Å². The molecule has 2 rings (SSSR count). The van der Waals surface area contributed by atoms with E-state index in [1.165, 1.54) is 0 Å². The van der Waals surface area contributed by atoms with E-state index in [0.717, 1.165) is 17.1 Å². The van der Waals surface area contributed by atoms with Crippen LogP contribution in [0.25, 0.3) is 0 Å². The van der Waals surface area contributed by atoms with Crippen molar-refractivity contribution in [3.63, 3.8) is 0 Å². The first kappa shape index (κ1) is 12.3. The number of aromatic nitrogens is 4. The van der Waals surface area contributed by atoms with Crippen molar-refractivity contribution in [1.29, 1.82) is 0 Å². The zero-order valence-electron chi connectivity index (χ0n) is 10.5. The van der Waals surface area contributed by atoms with Crippen molar-refractivity contribution in [2.75, 3.05) is 13.2 Å². The normalized spacial score (nSPS) is 10.3. The van der Waals surface area contributed by atoms with E-state index in [-0.39, 0.29) is 0 Å². The molecule has 96 valence electrons. The van der Waals surface area contributed by atoms with Gasteiger partial charge in [-0.1, -0.05) is 11.3 Å². The van der Waals surface area contributed by atoms with E-state index in [0.29, 0.717) is 25.5 Å². The molecule has 0 bridgehead atoms. The lowest BCUT2D eigenvalue weighted by Gasteiger charge is -2.11. The fraction of sp³-hybridized carbons (Fsp3) is 0.417. The number of hydrogen-bond acceptors (Lipinski definition) is 5. The van der Waals surface area contributed by atoms with Crippen LogP contribution in [0.1, 0.15) is 25.2 Å². The number of nitrogens with one attached hydrogen (secondary N) is 1. The molecular weight excluding hydrogens is 232 g/mol. The summed E-state index contributed by atoms with van der Waals surface area (Å²) in [5.41, 5.74) is 1.06. The molecule has 1 aromatic heterocycles. The Kier molecular flexibility index (Phi) is 4.11. The maximum Gasteiger partial charge on any atom is 0.178 e. The second-order valence-corrected chi connectivity index (χ2v) is 3.65. The Hall–Kier alpha value is -2.11. The van der Waals surface area contributed by atoms with Gasteiger partial charge >= 0.3 is 0 Å². The van der Waals surface area contributed by atoms with E-state index in [1.54, 1.807) is 0 Å². The molecule has 0 aliphatic rings. The topological polar surface area (TPSA) is 72.9 Å². The lowest BCUT2D eigenvalue weighted by molar-refractivity contribution is 0.287. The Bertz CT molecular complexity index is 485. The second-order valence-electron chi connectivity index (χ2n) is 3.65. The van der Waals surface area contributed by atoms with Crippen LogP contribution in [0.15, 0.2) is 18.2 Å². The van der Waals surface area contributed by atoms with E-state index in [1.807, 2.05) is 32.0 Å². The van der Waals surface area contributed by atoms with E-state index in [2.05, 4.69) is 20.6 Å². The smallest absolute Gasteiger partial charge is 0.178 e. The van der Waals surface area contributed by atoms with Crippen LogP contribution in [0.3, 0.4) is 0 Å². The third-order valence-corrected chi connectivity index (χ3v) is 2.36. The molecule has 6 heteroatoms. The maximum atomic E-state index is 5.56. The van der Waals surface area contributed by atoms with E-state index >= 15 is 0 Å². The van der Waals surface area contributed by atoms with Crippen molar-refractivity contribution in [2.24, 2.45) is 0 Å². The van der Waals surface area contributed by atoms with Crippen LogP contribution in [-0.2, 0) is 6.42 Å². The van der Waals surface area contributed by atoms with Gasteiger partial charge in [-0.05, 0) is 31.5 Å². The van der Waals surface area contributed by atoms with Gasteiger partial charge in [0.25, 0.3) is 0 Å². The predicted molar refractivity (Wildman–Crippen MR) is 65.8 cm³/mol. The number of benzene rings is 1. The first-order chi connectivity index (χ1) is 8.83. The van der Waals surface area contributed by atoms with Gasteiger partial charge in [0.2, 0.25) is 0 Å². The largest absolute Gasteiger partial charge is 0.490 e. The zero-order valence-corrected chi connectivity index (χ0v) is 10.5. The van der Waals surface area contributed by atoms with Crippen LogP contribution in [0.4, 0.5) is 0 Å². The number of H-pyrrole nitrogens is 1. The van der Waals surface area contributed by atoms with Gasteiger partial charge in [-0.15, -0.1) is 10.2 Å². The summed E-state index contributed by atoms with van der Waals surface area (Å²) in [4.78, 5) is 0. The molecule has 0 amide bonds. The third kappa shape index (κ3) is 2.97. The standard InChI is InChI=1S/C12H16N4O2/c1-3-17-10-6-5-9(7-11(10)18-4-2)8-12-13-15-16-14-12/h5-7H,3-4,8H2,1-2H3,(H,13,14,15,16). The molecule has 0 aliphatic heterocycles. The number of aromatic amines is 1. The molecule has 0 radical (unpaired) electrons. The summed E-state index contributed by atoms with van der Waals surface area (Å²) in [6.45, 7) is 5.11. The van der Waals surface area contributed by atoms with Crippen molar-refractivity contribution in [3.8, 4) is 11.5 Å². The quantitative estimate of drug-likeness (QED) is 0.840. The van der Waals surface area contributed by atoms with Crippen molar-refractivity contribution < 1.29 is 9.47 Å². The van der Waals surface area contributed by atoms with E-state index < -0.39 is 0 Å². The molecule has 0 unspecified atom stereocenters. The summed E-state index contributed by atoms with van der Waals surface area (Å²) in [6.07, 6.45) is 0.614. The highest BCUT2D eigenvalue weighted by Gasteiger charge is 2.08. The molecule has 0 fully saturated rings. The van der Waals surface area contributed by atoms with Gasteiger partial charge in [0.05, 0.1) is 13.2 Å². The van der Waals surface area contributed by atoms with Gasteiger partial charge < -0.3 is 9.47 Å². The average molecular weight is 248 g/mol. The van der Waals surface area contributed by atoms with Crippen molar-refractivity contribution >= 4 is 0 Å². The molecule has 1 N–H and O–H groups in total. The van der Waals surface area contributed by atoms with Crippen LogP contribution in [0.2, 0.25) is 0 Å². The highest BCUT2D eigenvalue weighted by atomic mass is 16.5. The summed E-state index contributed by atoms with van der Waals surface area (Å²) >= 11 is 0. The molecule has 0 saturated heterocycles. The van der Waals surface area contributed by atoms with Gasteiger partial charge in [-0.25, -0.2) is 0 Å². The molecule has 2 aromatic rings. The molecule has 0 saturated carbocycles. The highest BCUT2D eigenvalue weighted by Crippen LogP contribution is 2.29. The average Bonchev–Trinajstić information content (AvgIpc) is 2.86. The minimum absolute atomic E-state index is 0.603. The molecule has 0 atom stereocenters. The van der Waals surface area contributed by atoms with Gasteiger partial charge in [0.1, 0.15) is 0 Å². The number of nitrogens with zero attached hydrogens (tertiary/aromatic N) is 3. The zero-order chi connectivity index (χ0) is 12.8. The Morgan fingerprint density at radius 2 is 1.89 bits per heavy atom. The van der Waals surface area contributed by atoms with E-state index in [9.17, 15) is 0 Å². The first-order valence-corrected chi connectivity index (χ1v) is 5.94. The highest BCUT2D eigenvalue weighted by molar-refractivity contribution is 5.43. The van der Waals surface area contributed by atoms with Gasteiger partial charge in [0, 0.05) is 6.42 Å². The molecule has 0 spiro atoms. The summed E-state index contributed by atoms with van der Waals surface area (Å²) in [5.74, 6) is 2.16. The molecular formula is C12H16N4O2. The van der Waals surface area contributed by atoms with Crippen LogP contribution in [-0.4, -0.2) is 33.8 Å². The van der Waals surface area contributed by atoms with Crippen LogP contribution >= 0.6 is 0 Å². The minimum atomic E-state index is 0.603. The Balaban J connectivity index is 2.19. The molecule has 18 heavy (non-hydrogen) atoms. The lowest BCUT2D eigenvalue weighted by Crippen LogP contribution is -2.00. The number of hydrogen-bond donors (Lipinski definition) is 1. The summed E-state index contributed by atoms with van der Waals surface area (Å²) < 4.78 is 11.1. The summed E-state index contributed by atoms with van der Waals surface area (Å²) in [7, 11) is 0. The van der Waals surface area contributed by atoms with Crippen LogP contribution in [0, 0.1) is 0 Å². The molecule has 1 heterocycles.